The van der Waals surface area contributed by atoms with Gasteiger partial charge >= 0.3 is 0 Å². The van der Waals surface area contributed by atoms with Crippen molar-refractivity contribution in [3.8, 4) is 5.69 Å². The zero-order valence-corrected chi connectivity index (χ0v) is 19.0. The lowest BCUT2D eigenvalue weighted by molar-refractivity contribution is -0.118. The maximum Gasteiger partial charge on any atom is 0.230 e. The summed E-state index contributed by atoms with van der Waals surface area (Å²) in [4.78, 5) is 14.6. The molecular weight excluding hydrogens is 418 g/mol. The van der Waals surface area contributed by atoms with Crippen LogP contribution in [0, 0.1) is 0 Å². The molecule has 8 heteroatoms. The number of nitrogens with zero attached hydrogens (tertiary/aromatic N) is 4. The second kappa shape index (κ2) is 10.6. The molecule has 0 aliphatic rings. The number of halogens is 1. The number of carbonyl (C=O) groups excluding carboxylic acids is 1. The lowest BCUT2D eigenvalue weighted by Crippen LogP contribution is -2.35. The maximum atomic E-state index is 12.5. The van der Waals surface area contributed by atoms with Gasteiger partial charge in [0.05, 0.1) is 17.5 Å². The van der Waals surface area contributed by atoms with Crippen LogP contribution < -0.4 is 5.32 Å². The summed E-state index contributed by atoms with van der Waals surface area (Å²) in [6, 6.07) is 16.1. The summed E-state index contributed by atoms with van der Waals surface area (Å²) >= 11 is 7.42. The molecule has 2 aromatic carbocycles. The summed E-state index contributed by atoms with van der Waals surface area (Å²) in [7, 11) is 4.04. The molecule has 1 heterocycles. The Morgan fingerprint density at radius 2 is 2.00 bits per heavy atom. The van der Waals surface area contributed by atoms with E-state index in [4.69, 9.17) is 11.6 Å². The van der Waals surface area contributed by atoms with Crippen molar-refractivity contribution in [3.05, 3.63) is 71.0 Å². The Hall–Kier alpha value is -2.35. The number of amides is 1. The lowest BCUT2D eigenvalue weighted by Gasteiger charge is -2.25. The molecule has 1 unspecified atom stereocenters. The van der Waals surface area contributed by atoms with E-state index in [1.807, 2.05) is 42.9 Å². The van der Waals surface area contributed by atoms with Crippen LogP contribution in [0.15, 0.2) is 60.0 Å². The van der Waals surface area contributed by atoms with E-state index >= 15 is 0 Å². The van der Waals surface area contributed by atoms with Crippen molar-refractivity contribution < 1.29 is 4.79 Å². The first kappa shape index (κ1) is 22.3. The molecule has 0 aliphatic carbocycles. The van der Waals surface area contributed by atoms with Crippen LogP contribution in [-0.4, -0.2) is 52.0 Å². The molecule has 1 atom stereocenters. The van der Waals surface area contributed by atoms with Gasteiger partial charge in [0, 0.05) is 11.6 Å². The van der Waals surface area contributed by atoms with Gasteiger partial charge in [0.25, 0.3) is 0 Å². The number of rotatable bonds is 9. The standard InChI is InChI=1S/C22H26ClN5OS/c1-4-16-8-10-17(11-9-16)20(27(2)3)13-24-21(29)14-30-22-26-25-15-28(22)19-7-5-6-18(23)12-19/h5-12,15,20H,4,13-14H2,1-3H3,(H,24,29). The lowest BCUT2D eigenvalue weighted by atomic mass is 10.0. The number of aromatic nitrogens is 3. The summed E-state index contributed by atoms with van der Waals surface area (Å²) in [6.07, 6.45) is 2.63. The Morgan fingerprint density at radius 3 is 2.67 bits per heavy atom. The number of thioether (sulfide) groups is 1. The summed E-state index contributed by atoms with van der Waals surface area (Å²) < 4.78 is 1.82. The average Bonchev–Trinajstić information content (AvgIpc) is 3.21. The Kier molecular flexibility index (Phi) is 7.90. The number of hydrogen-bond acceptors (Lipinski definition) is 5. The molecule has 0 bridgehead atoms. The van der Waals surface area contributed by atoms with Gasteiger partial charge in [-0.05, 0) is 49.8 Å². The Balaban J connectivity index is 1.57. The fraction of sp³-hybridized carbons (Fsp3) is 0.318. The molecular formula is C22H26ClN5OS. The van der Waals surface area contributed by atoms with Crippen LogP contribution in [0.4, 0.5) is 0 Å². The first-order chi connectivity index (χ1) is 14.5. The molecule has 0 radical (unpaired) electrons. The molecule has 30 heavy (non-hydrogen) atoms. The fourth-order valence-corrected chi connectivity index (χ4v) is 4.03. The maximum absolute atomic E-state index is 12.5. The van der Waals surface area contributed by atoms with Crippen LogP contribution in [0.25, 0.3) is 5.69 Å². The monoisotopic (exact) mass is 443 g/mol. The minimum absolute atomic E-state index is 0.0438. The van der Waals surface area contributed by atoms with Gasteiger partial charge in [-0.1, -0.05) is 60.6 Å². The van der Waals surface area contributed by atoms with Crippen LogP contribution >= 0.6 is 23.4 Å². The molecule has 6 nitrogen and oxygen atoms in total. The topological polar surface area (TPSA) is 63.1 Å². The largest absolute Gasteiger partial charge is 0.353 e. The van der Waals surface area contributed by atoms with Crippen molar-refractivity contribution in [2.45, 2.75) is 24.5 Å². The van der Waals surface area contributed by atoms with Gasteiger partial charge in [-0.25, -0.2) is 0 Å². The third kappa shape index (κ3) is 5.84. The molecule has 1 aromatic heterocycles. The van der Waals surface area contributed by atoms with E-state index in [-0.39, 0.29) is 17.7 Å². The van der Waals surface area contributed by atoms with Gasteiger partial charge in [-0.15, -0.1) is 10.2 Å². The SMILES string of the molecule is CCc1ccc(C(CNC(=O)CSc2nncn2-c2cccc(Cl)c2)N(C)C)cc1. The smallest absolute Gasteiger partial charge is 0.230 e. The predicted octanol–water partition coefficient (Wildman–Crippen LogP) is 3.99. The van der Waals surface area contributed by atoms with Gasteiger partial charge in [0.2, 0.25) is 5.91 Å². The van der Waals surface area contributed by atoms with Crippen molar-refractivity contribution in [1.29, 1.82) is 0 Å². The number of carbonyl (C=O) groups is 1. The second-order valence-corrected chi connectivity index (χ2v) is 8.51. The van der Waals surface area contributed by atoms with E-state index in [1.165, 1.54) is 22.9 Å². The first-order valence-corrected chi connectivity index (χ1v) is 11.1. The van der Waals surface area contributed by atoms with E-state index < -0.39 is 0 Å². The second-order valence-electron chi connectivity index (χ2n) is 7.13. The summed E-state index contributed by atoms with van der Waals surface area (Å²) in [6.45, 7) is 2.68. The number of aryl methyl sites for hydroxylation is 1. The van der Waals surface area contributed by atoms with E-state index in [0.29, 0.717) is 16.7 Å². The highest BCUT2D eigenvalue weighted by Crippen LogP contribution is 2.22. The highest BCUT2D eigenvalue weighted by molar-refractivity contribution is 7.99. The quantitative estimate of drug-likeness (QED) is 0.506. The van der Waals surface area contributed by atoms with Crippen molar-refractivity contribution in [3.63, 3.8) is 0 Å². The summed E-state index contributed by atoms with van der Waals surface area (Å²) in [5, 5.41) is 12.4. The number of benzene rings is 2. The van der Waals surface area contributed by atoms with Crippen LogP contribution in [0.5, 0.6) is 0 Å². The molecule has 1 amide bonds. The third-order valence-corrected chi connectivity index (χ3v) is 6.00. The van der Waals surface area contributed by atoms with Gasteiger partial charge < -0.3 is 10.2 Å². The molecule has 0 fully saturated rings. The highest BCUT2D eigenvalue weighted by atomic mass is 35.5. The first-order valence-electron chi connectivity index (χ1n) is 9.78. The van der Waals surface area contributed by atoms with Crippen molar-refractivity contribution in [2.75, 3.05) is 26.4 Å². The summed E-state index contributed by atoms with van der Waals surface area (Å²) in [5.41, 5.74) is 3.35. The van der Waals surface area contributed by atoms with E-state index in [9.17, 15) is 4.79 Å². The third-order valence-electron chi connectivity index (χ3n) is 4.82. The zero-order valence-electron chi connectivity index (χ0n) is 17.4. The van der Waals surface area contributed by atoms with Crippen molar-refractivity contribution in [2.24, 2.45) is 0 Å². The highest BCUT2D eigenvalue weighted by Gasteiger charge is 2.16. The van der Waals surface area contributed by atoms with Gasteiger partial charge in [-0.2, -0.15) is 0 Å². The predicted molar refractivity (Wildman–Crippen MR) is 122 cm³/mol. The van der Waals surface area contributed by atoms with E-state index in [1.54, 1.807) is 6.33 Å². The fourth-order valence-electron chi connectivity index (χ4n) is 3.09. The number of nitrogens with one attached hydrogen (secondary N) is 1. The minimum atomic E-state index is -0.0438. The summed E-state index contributed by atoms with van der Waals surface area (Å²) in [5.74, 6) is 0.214. The number of hydrogen-bond donors (Lipinski definition) is 1. The van der Waals surface area contributed by atoms with Gasteiger partial charge in [-0.3, -0.25) is 9.36 Å². The van der Waals surface area contributed by atoms with Crippen LogP contribution in [-0.2, 0) is 11.2 Å². The van der Waals surface area contributed by atoms with Gasteiger partial charge in [0.1, 0.15) is 6.33 Å². The molecule has 0 saturated heterocycles. The van der Waals surface area contributed by atoms with E-state index in [0.717, 1.165) is 12.1 Å². The molecule has 0 saturated carbocycles. The Morgan fingerprint density at radius 1 is 1.23 bits per heavy atom. The Bertz CT molecular complexity index is 974. The molecule has 0 aliphatic heterocycles. The molecule has 3 aromatic rings. The van der Waals surface area contributed by atoms with Crippen molar-refractivity contribution in [1.82, 2.24) is 25.0 Å². The van der Waals surface area contributed by atoms with Gasteiger partial charge in [0.15, 0.2) is 5.16 Å². The van der Waals surface area contributed by atoms with E-state index in [2.05, 4.69) is 51.6 Å². The van der Waals surface area contributed by atoms with Crippen LogP contribution in [0.3, 0.4) is 0 Å². The van der Waals surface area contributed by atoms with Crippen molar-refractivity contribution >= 4 is 29.3 Å². The molecule has 3 rings (SSSR count). The van der Waals surface area contributed by atoms with Crippen LogP contribution in [0.1, 0.15) is 24.1 Å². The Labute approximate surface area is 186 Å². The number of likely N-dealkylation sites (N-methyl/N-ethyl adjacent to an activating group) is 1. The van der Waals surface area contributed by atoms with Crippen LogP contribution in [0.2, 0.25) is 5.02 Å². The minimum Gasteiger partial charge on any atom is -0.353 e. The zero-order chi connectivity index (χ0) is 21.5. The molecule has 1 N–H and O–H groups in total. The normalized spacial score (nSPS) is 12.2. The molecule has 158 valence electrons. The average molecular weight is 444 g/mol. The molecule has 0 spiro atoms.